The van der Waals surface area contributed by atoms with Crippen LogP contribution in [0.3, 0.4) is 0 Å². The van der Waals surface area contributed by atoms with E-state index in [1.165, 1.54) is 0 Å². The van der Waals surface area contributed by atoms with E-state index in [2.05, 4.69) is 6.58 Å². The molecule has 3 nitrogen and oxygen atoms in total. The first kappa shape index (κ1) is 11.2. The summed E-state index contributed by atoms with van der Waals surface area (Å²) in [6.07, 6.45) is 1.66. The molecule has 1 rings (SSSR count). The average Bonchev–Trinajstić information content (AvgIpc) is 2.18. The van der Waals surface area contributed by atoms with Crippen molar-refractivity contribution >= 4 is 6.79 Å². The van der Waals surface area contributed by atoms with Gasteiger partial charge >= 0.3 is 0 Å². The van der Waals surface area contributed by atoms with Crippen LogP contribution < -0.4 is 4.74 Å². The molecular formula is C10H12O3. The predicted molar refractivity (Wildman–Crippen MR) is 50.9 cm³/mol. The number of carbonyl (C=O) groups is 1. The van der Waals surface area contributed by atoms with Crippen LogP contribution in [0.1, 0.15) is 0 Å². The van der Waals surface area contributed by atoms with Crippen molar-refractivity contribution in [1.82, 2.24) is 0 Å². The molecule has 0 aliphatic rings. The van der Waals surface area contributed by atoms with E-state index in [9.17, 15) is 0 Å². The number of rotatable bonds is 3. The van der Waals surface area contributed by atoms with E-state index in [0.717, 1.165) is 0 Å². The zero-order valence-corrected chi connectivity index (χ0v) is 7.27. The van der Waals surface area contributed by atoms with Gasteiger partial charge in [0.2, 0.25) is 0 Å². The number of hydrogen-bond donors (Lipinski definition) is 1. The van der Waals surface area contributed by atoms with E-state index < -0.39 is 0 Å². The largest absolute Gasteiger partial charge is 0.508 e. The van der Waals surface area contributed by atoms with E-state index in [1.54, 1.807) is 30.3 Å². The van der Waals surface area contributed by atoms with Gasteiger partial charge in [0.1, 0.15) is 24.9 Å². The van der Waals surface area contributed by atoms with Crippen molar-refractivity contribution in [1.29, 1.82) is 0 Å². The minimum absolute atomic E-state index is 0.214. The minimum Gasteiger partial charge on any atom is -0.508 e. The monoisotopic (exact) mass is 180 g/mol. The third kappa shape index (κ3) is 4.63. The highest BCUT2D eigenvalue weighted by Crippen LogP contribution is 2.17. The van der Waals surface area contributed by atoms with E-state index in [-0.39, 0.29) is 5.75 Å². The van der Waals surface area contributed by atoms with Crippen LogP contribution in [0.5, 0.6) is 11.5 Å². The normalized spacial score (nSPS) is 8.00. The van der Waals surface area contributed by atoms with Gasteiger partial charge < -0.3 is 14.6 Å². The Labute approximate surface area is 77.3 Å². The topological polar surface area (TPSA) is 46.5 Å². The van der Waals surface area contributed by atoms with Crippen molar-refractivity contribution in [3.8, 4) is 11.5 Å². The summed E-state index contributed by atoms with van der Waals surface area (Å²) in [5.74, 6) is 0.872. The molecule has 0 aliphatic heterocycles. The van der Waals surface area contributed by atoms with Crippen molar-refractivity contribution in [2.75, 3.05) is 6.61 Å². The van der Waals surface area contributed by atoms with Gasteiger partial charge in [0, 0.05) is 6.07 Å². The quantitative estimate of drug-likeness (QED) is 0.721. The smallest absolute Gasteiger partial charge is 0.123 e. The van der Waals surface area contributed by atoms with Gasteiger partial charge in [0.05, 0.1) is 0 Å². The second-order valence-corrected chi connectivity index (χ2v) is 2.10. The summed E-state index contributed by atoms with van der Waals surface area (Å²) >= 11 is 0. The number of phenolic OH excluding ortho intramolecular Hbond substituents is 1. The first-order valence-electron chi connectivity index (χ1n) is 3.64. The Morgan fingerprint density at radius 1 is 1.46 bits per heavy atom. The van der Waals surface area contributed by atoms with Crippen molar-refractivity contribution < 1.29 is 14.6 Å². The van der Waals surface area contributed by atoms with Crippen LogP contribution in [0.25, 0.3) is 0 Å². The molecule has 3 heteroatoms. The molecule has 0 radical (unpaired) electrons. The van der Waals surface area contributed by atoms with Crippen LogP contribution in [-0.4, -0.2) is 18.5 Å². The number of carbonyl (C=O) groups excluding carboxylic acids is 1. The Bertz CT molecular complexity index is 258. The summed E-state index contributed by atoms with van der Waals surface area (Å²) in [6, 6.07) is 6.67. The SMILES string of the molecule is C=CCOc1cccc(O)c1.C=O. The summed E-state index contributed by atoms with van der Waals surface area (Å²) in [7, 11) is 0. The fraction of sp³-hybridized carbons (Fsp3) is 0.100. The molecule has 13 heavy (non-hydrogen) atoms. The number of benzene rings is 1. The maximum Gasteiger partial charge on any atom is 0.123 e. The zero-order valence-electron chi connectivity index (χ0n) is 7.27. The van der Waals surface area contributed by atoms with Crippen LogP contribution in [-0.2, 0) is 4.79 Å². The second-order valence-electron chi connectivity index (χ2n) is 2.10. The first-order valence-corrected chi connectivity index (χ1v) is 3.64. The summed E-state index contributed by atoms with van der Waals surface area (Å²) < 4.78 is 5.16. The van der Waals surface area contributed by atoms with Crippen LogP contribution in [0.15, 0.2) is 36.9 Å². The molecule has 0 saturated carbocycles. The van der Waals surface area contributed by atoms with E-state index >= 15 is 0 Å². The predicted octanol–water partition coefficient (Wildman–Crippen LogP) is 1.77. The lowest BCUT2D eigenvalue weighted by molar-refractivity contribution is -0.0979. The van der Waals surface area contributed by atoms with Crippen LogP contribution in [0.2, 0.25) is 0 Å². The number of ether oxygens (including phenoxy) is 1. The lowest BCUT2D eigenvalue weighted by atomic mass is 10.3. The Morgan fingerprint density at radius 2 is 2.15 bits per heavy atom. The van der Waals surface area contributed by atoms with Gasteiger partial charge in [-0.05, 0) is 12.1 Å². The molecule has 0 bridgehead atoms. The Hall–Kier alpha value is -1.77. The molecule has 0 aliphatic carbocycles. The summed E-state index contributed by atoms with van der Waals surface area (Å²) in [5, 5.41) is 9.01. The number of hydrogen-bond acceptors (Lipinski definition) is 3. The molecule has 0 atom stereocenters. The van der Waals surface area contributed by atoms with Gasteiger partial charge in [0.25, 0.3) is 0 Å². The van der Waals surface area contributed by atoms with E-state index in [0.29, 0.717) is 12.4 Å². The molecule has 0 heterocycles. The van der Waals surface area contributed by atoms with Crippen LogP contribution in [0.4, 0.5) is 0 Å². The molecule has 0 aromatic heterocycles. The van der Waals surface area contributed by atoms with Crippen molar-refractivity contribution in [3.05, 3.63) is 36.9 Å². The zero-order chi connectivity index (χ0) is 10.1. The van der Waals surface area contributed by atoms with Gasteiger partial charge in [-0.3, -0.25) is 0 Å². The van der Waals surface area contributed by atoms with Gasteiger partial charge in [-0.1, -0.05) is 18.7 Å². The Kier molecular flexibility index (Phi) is 5.97. The minimum atomic E-state index is 0.214. The van der Waals surface area contributed by atoms with Crippen LogP contribution in [0, 0.1) is 0 Å². The number of aromatic hydroxyl groups is 1. The van der Waals surface area contributed by atoms with Crippen molar-refractivity contribution in [3.63, 3.8) is 0 Å². The average molecular weight is 180 g/mol. The summed E-state index contributed by atoms with van der Waals surface area (Å²) in [5.41, 5.74) is 0. The maximum absolute atomic E-state index is 9.01. The first-order chi connectivity index (χ1) is 6.33. The molecule has 0 amide bonds. The molecule has 1 aromatic carbocycles. The van der Waals surface area contributed by atoms with Gasteiger partial charge in [0.15, 0.2) is 0 Å². The molecule has 70 valence electrons. The van der Waals surface area contributed by atoms with Gasteiger partial charge in [-0.15, -0.1) is 0 Å². The molecular weight excluding hydrogens is 168 g/mol. The lowest BCUT2D eigenvalue weighted by Gasteiger charge is -2.01. The highest BCUT2D eigenvalue weighted by molar-refractivity contribution is 5.31. The highest BCUT2D eigenvalue weighted by Gasteiger charge is 1.91. The van der Waals surface area contributed by atoms with E-state index in [4.69, 9.17) is 14.6 Å². The van der Waals surface area contributed by atoms with Crippen LogP contribution >= 0.6 is 0 Å². The number of phenols is 1. The molecule has 0 saturated heterocycles. The van der Waals surface area contributed by atoms with Crippen molar-refractivity contribution in [2.24, 2.45) is 0 Å². The molecule has 0 fully saturated rings. The maximum atomic E-state index is 9.01. The van der Waals surface area contributed by atoms with E-state index in [1.807, 2.05) is 6.79 Å². The molecule has 0 unspecified atom stereocenters. The molecule has 1 N–H and O–H groups in total. The summed E-state index contributed by atoms with van der Waals surface area (Å²) in [4.78, 5) is 8.00. The molecule has 0 spiro atoms. The van der Waals surface area contributed by atoms with Gasteiger partial charge in [-0.2, -0.15) is 0 Å². The Balaban J connectivity index is 0.000000671. The standard InChI is InChI=1S/C9H10O2.CH2O/c1-2-6-11-9-5-3-4-8(10)7-9;1-2/h2-5,7,10H,1,6H2;1H2. The third-order valence-electron chi connectivity index (χ3n) is 1.19. The fourth-order valence-electron chi connectivity index (χ4n) is 0.728. The third-order valence-corrected chi connectivity index (χ3v) is 1.19. The summed E-state index contributed by atoms with van der Waals surface area (Å²) in [6.45, 7) is 5.97. The lowest BCUT2D eigenvalue weighted by Crippen LogP contribution is -1.91. The van der Waals surface area contributed by atoms with Gasteiger partial charge in [-0.25, -0.2) is 0 Å². The van der Waals surface area contributed by atoms with Crippen molar-refractivity contribution in [2.45, 2.75) is 0 Å². The highest BCUT2D eigenvalue weighted by atomic mass is 16.5. The fourth-order valence-corrected chi connectivity index (χ4v) is 0.728. The molecule has 1 aromatic rings. The second kappa shape index (κ2) is 6.91. The Morgan fingerprint density at radius 3 is 2.69 bits per heavy atom.